The number of aromatic nitrogens is 5. The normalized spacial score (nSPS) is 16.0. The molecule has 4 rings (SSSR count). The van der Waals surface area contributed by atoms with E-state index in [4.69, 9.17) is 4.74 Å². The smallest absolute Gasteiger partial charge is 0.272 e. The van der Waals surface area contributed by atoms with Crippen molar-refractivity contribution in [2.75, 3.05) is 18.1 Å². The molecule has 0 aromatic carbocycles. The molecule has 0 aliphatic carbocycles. The van der Waals surface area contributed by atoms with Gasteiger partial charge < -0.3 is 9.64 Å². The third kappa shape index (κ3) is 4.10. The molecule has 29 heavy (non-hydrogen) atoms. The van der Waals surface area contributed by atoms with Crippen LogP contribution >= 0.6 is 0 Å². The Morgan fingerprint density at radius 2 is 1.93 bits per heavy atom. The molecule has 0 saturated carbocycles. The van der Waals surface area contributed by atoms with Gasteiger partial charge in [-0.1, -0.05) is 0 Å². The highest BCUT2D eigenvalue weighted by molar-refractivity contribution is 5.53. The van der Waals surface area contributed by atoms with Gasteiger partial charge in [-0.05, 0) is 13.0 Å². The first-order chi connectivity index (χ1) is 14.0. The summed E-state index contributed by atoms with van der Waals surface area (Å²) >= 11 is 0. The number of anilines is 1. The van der Waals surface area contributed by atoms with Gasteiger partial charge in [-0.3, -0.25) is 0 Å². The number of hydrogen-bond acceptors (Lipinski definition) is 7. The second kappa shape index (κ2) is 7.98. The highest BCUT2D eigenvalue weighted by Gasteiger charge is 2.27. The lowest BCUT2D eigenvalue weighted by Crippen LogP contribution is -2.35. The van der Waals surface area contributed by atoms with E-state index in [0.717, 1.165) is 11.3 Å². The summed E-state index contributed by atoms with van der Waals surface area (Å²) in [5.41, 5.74) is 2.26. The van der Waals surface area contributed by atoms with Crippen LogP contribution in [0.15, 0.2) is 36.8 Å². The molecular formula is C19H17F3N6O. The number of pyridine rings is 1. The molecular weight excluding hydrogens is 385 g/mol. The average Bonchev–Trinajstić information content (AvgIpc) is 2.72. The highest BCUT2D eigenvalue weighted by atomic mass is 19.3. The topological polar surface area (TPSA) is 76.9 Å². The van der Waals surface area contributed by atoms with Crippen molar-refractivity contribution in [1.29, 1.82) is 0 Å². The maximum absolute atomic E-state index is 13.9. The minimum Gasteiger partial charge on any atom is -0.471 e. The Labute approximate surface area is 164 Å². The largest absolute Gasteiger partial charge is 0.471 e. The summed E-state index contributed by atoms with van der Waals surface area (Å²) in [5.74, 6) is -0.0752. The van der Waals surface area contributed by atoms with Gasteiger partial charge in [0, 0.05) is 54.9 Å². The Balaban J connectivity index is 1.60. The maximum atomic E-state index is 13.9. The van der Waals surface area contributed by atoms with Crippen molar-refractivity contribution in [3.8, 4) is 17.5 Å². The van der Waals surface area contributed by atoms with Crippen molar-refractivity contribution in [1.82, 2.24) is 24.9 Å². The van der Waals surface area contributed by atoms with Gasteiger partial charge in [0.05, 0.1) is 11.7 Å². The molecule has 10 heteroatoms. The van der Waals surface area contributed by atoms with Crippen LogP contribution in [0.3, 0.4) is 0 Å². The van der Waals surface area contributed by atoms with Gasteiger partial charge in [-0.2, -0.15) is 9.37 Å². The molecule has 1 aliphatic rings. The first-order valence-corrected chi connectivity index (χ1v) is 8.99. The van der Waals surface area contributed by atoms with Gasteiger partial charge in [0.25, 0.3) is 6.43 Å². The van der Waals surface area contributed by atoms with E-state index in [9.17, 15) is 13.2 Å². The molecule has 0 radical (unpaired) electrons. The Morgan fingerprint density at radius 3 is 2.69 bits per heavy atom. The molecule has 0 amide bonds. The van der Waals surface area contributed by atoms with E-state index in [2.05, 4.69) is 24.9 Å². The molecule has 1 aliphatic heterocycles. The standard InChI is InChI=1S/C19H17F3N6O/c1-11-13-9-25-19(18-23-4-2-5-24-18)26-14(13)3-6-28(11)12-7-16(22)27-17(8-12)29-10-15(20)21/h2,4-5,7-9,11,15H,3,6,10H2,1H3. The zero-order valence-corrected chi connectivity index (χ0v) is 15.5. The van der Waals surface area contributed by atoms with Crippen LogP contribution in [0.5, 0.6) is 5.88 Å². The molecule has 3 aromatic heterocycles. The average molecular weight is 402 g/mol. The van der Waals surface area contributed by atoms with E-state index >= 15 is 0 Å². The van der Waals surface area contributed by atoms with Gasteiger partial charge in [0.1, 0.15) is 0 Å². The number of nitrogens with zero attached hydrogens (tertiary/aromatic N) is 6. The highest BCUT2D eigenvalue weighted by Crippen LogP contribution is 2.34. The fraction of sp³-hybridized carbons (Fsp3) is 0.316. The number of fused-ring (bicyclic) bond motifs is 1. The summed E-state index contributed by atoms with van der Waals surface area (Å²) in [6.07, 6.45) is 2.90. The first kappa shape index (κ1) is 19.0. The Morgan fingerprint density at radius 1 is 1.14 bits per heavy atom. The van der Waals surface area contributed by atoms with E-state index in [1.165, 1.54) is 12.1 Å². The number of ether oxygens (including phenoxy) is 1. The summed E-state index contributed by atoms with van der Waals surface area (Å²) in [6.45, 7) is 1.66. The summed E-state index contributed by atoms with van der Waals surface area (Å²) in [7, 11) is 0. The van der Waals surface area contributed by atoms with Gasteiger partial charge in [0.2, 0.25) is 11.8 Å². The molecule has 0 fully saturated rings. The van der Waals surface area contributed by atoms with E-state index in [-0.39, 0.29) is 11.9 Å². The number of rotatable bonds is 5. The van der Waals surface area contributed by atoms with Crippen LogP contribution in [0.4, 0.5) is 18.9 Å². The number of halogens is 3. The lowest BCUT2D eigenvalue weighted by Gasteiger charge is -2.36. The molecule has 0 saturated heterocycles. The van der Waals surface area contributed by atoms with Crippen molar-refractivity contribution in [2.45, 2.75) is 25.8 Å². The third-order valence-electron chi connectivity index (χ3n) is 4.62. The predicted octanol–water partition coefficient (Wildman–Crippen LogP) is 3.24. The SMILES string of the molecule is CC1c2cnc(-c3ncccn3)nc2CCN1c1cc(F)nc(OCC(F)F)c1. The van der Waals surface area contributed by atoms with E-state index in [0.29, 0.717) is 30.3 Å². The zero-order chi connectivity index (χ0) is 20.4. The first-order valence-electron chi connectivity index (χ1n) is 8.99. The zero-order valence-electron chi connectivity index (χ0n) is 15.5. The fourth-order valence-electron chi connectivity index (χ4n) is 3.29. The minimum absolute atomic E-state index is 0.158. The Kier molecular flexibility index (Phi) is 5.24. The molecule has 3 aromatic rings. The summed E-state index contributed by atoms with van der Waals surface area (Å²) in [5, 5.41) is 0. The van der Waals surface area contributed by atoms with Crippen LogP contribution in [0, 0.1) is 5.95 Å². The minimum atomic E-state index is -2.66. The second-order valence-corrected chi connectivity index (χ2v) is 6.48. The van der Waals surface area contributed by atoms with Crippen molar-refractivity contribution < 1.29 is 17.9 Å². The lowest BCUT2D eigenvalue weighted by atomic mass is 9.99. The van der Waals surface area contributed by atoms with Crippen LogP contribution < -0.4 is 9.64 Å². The van der Waals surface area contributed by atoms with Gasteiger partial charge in [0.15, 0.2) is 18.3 Å². The molecule has 1 atom stereocenters. The van der Waals surface area contributed by atoms with Gasteiger partial charge >= 0.3 is 0 Å². The molecule has 0 spiro atoms. The molecule has 0 N–H and O–H groups in total. The molecule has 0 bridgehead atoms. The Hall–Kier alpha value is -3.30. The van der Waals surface area contributed by atoms with E-state index in [1.54, 1.807) is 24.7 Å². The molecule has 4 heterocycles. The van der Waals surface area contributed by atoms with Gasteiger partial charge in [-0.25, -0.2) is 28.7 Å². The quantitative estimate of drug-likeness (QED) is 0.607. The maximum Gasteiger partial charge on any atom is 0.272 e. The predicted molar refractivity (Wildman–Crippen MR) is 98.2 cm³/mol. The van der Waals surface area contributed by atoms with Crippen LogP contribution in [-0.4, -0.2) is 44.5 Å². The monoisotopic (exact) mass is 402 g/mol. The van der Waals surface area contributed by atoms with Crippen molar-refractivity contribution >= 4 is 5.69 Å². The summed E-state index contributed by atoms with van der Waals surface area (Å²) in [4.78, 5) is 22.8. The van der Waals surface area contributed by atoms with Crippen LogP contribution in [-0.2, 0) is 6.42 Å². The fourth-order valence-corrected chi connectivity index (χ4v) is 3.29. The number of hydrogen-bond donors (Lipinski definition) is 0. The number of alkyl halides is 2. The van der Waals surface area contributed by atoms with Crippen LogP contribution in [0.25, 0.3) is 11.6 Å². The Bertz CT molecular complexity index is 1000. The summed E-state index contributed by atoms with van der Waals surface area (Å²) in [6, 6.07) is 4.27. The molecule has 150 valence electrons. The van der Waals surface area contributed by atoms with E-state index < -0.39 is 19.0 Å². The van der Waals surface area contributed by atoms with Crippen LogP contribution in [0.1, 0.15) is 24.2 Å². The van der Waals surface area contributed by atoms with Gasteiger partial charge in [-0.15, -0.1) is 0 Å². The second-order valence-electron chi connectivity index (χ2n) is 6.48. The summed E-state index contributed by atoms with van der Waals surface area (Å²) < 4.78 is 43.6. The van der Waals surface area contributed by atoms with Crippen LogP contribution in [0.2, 0.25) is 0 Å². The molecule has 1 unspecified atom stereocenters. The van der Waals surface area contributed by atoms with Crippen molar-refractivity contribution in [3.63, 3.8) is 0 Å². The van der Waals surface area contributed by atoms with E-state index in [1.807, 2.05) is 11.8 Å². The lowest BCUT2D eigenvalue weighted by molar-refractivity contribution is 0.0791. The molecule has 7 nitrogen and oxygen atoms in total. The van der Waals surface area contributed by atoms with Crippen molar-refractivity contribution in [3.05, 3.63) is 54.0 Å². The van der Waals surface area contributed by atoms with Crippen molar-refractivity contribution in [2.24, 2.45) is 0 Å². The third-order valence-corrected chi connectivity index (χ3v) is 4.62.